The molecule has 0 amide bonds. The molecule has 0 spiro atoms. The first kappa shape index (κ1) is 22.9. The van der Waals surface area contributed by atoms with E-state index in [2.05, 4.69) is 9.44 Å². The van der Waals surface area contributed by atoms with Crippen LogP contribution in [-0.2, 0) is 20.0 Å². The number of sulfonamides is 2. The van der Waals surface area contributed by atoms with E-state index in [1.165, 1.54) is 31.4 Å². The van der Waals surface area contributed by atoms with E-state index < -0.39 is 20.0 Å². The van der Waals surface area contributed by atoms with Crippen LogP contribution in [0.5, 0.6) is 5.75 Å². The zero-order chi connectivity index (χ0) is 22.8. The molecule has 31 heavy (non-hydrogen) atoms. The lowest BCUT2D eigenvalue weighted by Crippen LogP contribution is -2.17. The molecule has 0 aliphatic rings. The maximum Gasteiger partial charge on any atom is 0.263 e. The zero-order valence-corrected chi connectivity index (χ0v) is 19.4. The maximum atomic E-state index is 12.9. The molecule has 0 atom stereocenters. The van der Waals surface area contributed by atoms with Crippen LogP contribution in [0.1, 0.15) is 11.1 Å². The van der Waals surface area contributed by atoms with Crippen LogP contribution >= 0.6 is 11.6 Å². The minimum absolute atomic E-state index is 0.0757. The number of ether oxygens (including phenoxy) is 1. The highest BCUT2D eigenvalue weighted by Crippen LogP contribution is 2.30. The average Bonchev–Trinajstić information content (AvgIpc) is 2.69. The number of halogens is 1. The number of hydrogen-bond acceptors (Lipinski definition) is 5. The minimum Gasteiger partial charge on any atom is -0.495 e. The molecule has 2 N–H and O–H groups in total. The molecule has 0 aliphatic heterocycles. The number of rotatable bonds is 7. The Balaban J connectivity index is 1.96. The van der Waals surface area contributed by atoms with Crippen molar-refractivity contribution in [3.05, 3.63) is 76.8 Å². The fourth-order valence-electron chi connectivity index (χ4n) is 2.83. The Morgan fingerprint density at radius 1 is 0.806 bits per heavy atom. The Morgan fingerprint density at radius 3 is 2.16 bits per heavy atom. The molecule has 0 unspecified atom stereocenters. The van der Waals surface area contributed by atoms with E-state index in [1.54, 1.807) is 50.2 Å². The highest BCUT2D eigenvalue weighted by Gasteiger charge is 2.22. The molecule has 3 rings (SSSR count). The van der Waals surface area contributed by atoms with Gasteiger partial charge in [0.25, 0.3) is 20.0 Å². The number of benzene rings is 3. The maximum absolute atomic E-state index is 12.9. The van der Waals surface area contributed by atoms with Crippen LogP contribution in [0.3, 0.4) is 0 Å². The second kappa shape index (κ2) is 8.78. The van der Waals surface area contributed by atoms with Crippen molar-refractivity contribution in [1.29, 1.82) is 0 Å². The van der Waals surface area contributed by atoms with E-state index in [-0.39, 0.29) is 26.2 Å². The quantitative estimate of drug-likeness (QED) is 0.516. The molecule has 0 radical (unpaired) electrons. The van der Waals surface area contributed by atoms with Gasteiger partial charge < -0.3 is 4.74 Å². The third kappa shape index (κ3) is 5.12. The van der Waals surface area contributed by atoms with E-state index in [4.69, 9.17) is 16.3 Å². The molecule has 0 saturated carbocycles. The van der Waals surface area contributed by atoms with Crippen LogP contribution in [0.15, 0.2) is 70.5 Å². The predicted octanol–water partition coefficient (Wildman–Crippen LogP) is 4.57. The summed E-state index contributed by atoms with van der Waals surface area (Å²) in [7, 11) is -6.61. The van der Waals surface area contributed by atoms with Crippen molar-refractivity contribution < 1.29 is 21.6 Å². The zero-order valence-electron chi connectivity index (χ0n) is 17.0. The van der Waals surface area contributed by atoms with Gasteiger partial charge in [-0.2, -0.15) is 0 Å². The summed E-state index contributed by atoms with van der Waals surface area (Å²) in [5, 5.41) is 0.0757. The number of aryl methyl sites for hydroxylation is 2. The number of methoxy groups -OCH3 is 1. The van der Waals surface area contributed by atoms with Gasteiger partial charge in [0, 0.05) is 0 Å². The molecule has 164 valence electrons. The minimum atomic E-state index is -4.03. The summed E-state index contributed by atoms with van der Waals surface area (Å²) in [6.07, 6.45) is 0. The van der Waals surface area contributed by atoms with E-state index in [0.29, 0.717) is 11.3 Å². The molecule has 0 fully saturated rings. The Morgan fingerprint density at radius 2 is 1.48 bits per heavy atom. The van der Waals surface area contributed by atoms with Crippen molar-refractivity contribution in [3.63, 3.8) is 0 Å². The third-order valence-electron chi connectivity index (χ3n) is 4.49. The summed E-state index contributed by atoms with van der Waals surface area (Å²) in [5.41, 5.74) is 1.75. The molecule has 7 nitrogen and oxygen atoms in total. The summed E-state index contributed by atoms with van der Waals surface area (Å²) in [6, 6.07) is 15.3. The smallest absolute Gasteiger partial charge is 0.263 e. The first-order valence-corrected chi connectivity index (χ1v) is 12.4. The van der Waals surface area contributed by atoms with E-state index in [1.807, 2.05) is 0 Å². The summed E-state index contributed by atoms with van der Waals surface area (Å²) >= 11 is 6.11. The second-order valence-corrected chi connectivity index (χ2v) is 10.6. The first-order chi connectivity index (χ1) is 14.5. The number of hydrogen-bond donors (Lipinski definition) is 2. The van der Waals surface area contributed by atoms with Gasteiger partial charge in [0.15, 0.2) is 0 Å². The van der Waals surface area contributed by atoms with Gasteiger partial charge >= 0.3 is 0 Å². The lowest BCUT2D eigenvalue weighted by atomic mass is 10.2. The van der Waals surface area contributed by atoms with Crippen molar-refractivity contribution in [2.45, 2.75) is 23.6 Å². The van der Waals surface area contributed by atoms with Gasteiger partial charge in [0.2, 0.25) is 0 Å². The predicted molar refractivity (Wildman–Crippen MR) is 122 cm³/mol. The fraction of sp³-hybridized carbons (Fsp3) is 0.143. The van der Waals surface area contributed by atoms with E-state index >= 15 is 0 Å². The molecule has 0 aliphatic carbocycles. The standard InChI is InChI=1S/C21H21ClN2O5S2/c1-14-8-11-21(17(22)12-14)31(27,28)24-19-13-16(10-9-15(19)2)30(25,26)23-18-6-4-5-7-20(18)29-3/h4-13,23-24H,1-3H3. The summed E-state index contributed by atoms with van der Waals surface area (Å²) < 4.78 is 61.5. The third-order valence-corrected chi connectivity index (χ3v) is 7.70. The van der Waals surface area contributed by atoms with Crippen LogP contribution in [0, 0.1) is 13.8 Å². The van der Waals surface area contributed by atoms with Crippen LogP contribution in [0.4, 0.5) is 11.4 Å². The van der Waals surface area contributed by atoms with Crippen LogP contribution in [-0.4, -0.2) is 23.9 Å². The number of para-hydroxylation sites is 2. The van der Waals surface area contributed by atoms with Crippen LogP contribution in [0.25, 0.3) is 0 Å². The van der Waals surface area contributed by atoms with Crippen molar-refractivity contribution in [2.75, 3.05) is 16.6 Å². The van der Waals surface area contributed by atoms with Gasteiger partial charge in [-0.25, -0.2) is 16.8 Å². The Hall–Kier alpha value is -2.75. The van der Waals surface area contributed by atoms with E-state index in [9.17, 15) is 16.8 Å². The molecule has 10 heteroatoms. The Labute approximate surface area is 187 Å². The van der Waals surface area contributed by atoms with Crippen LogP contribution in [0.2, 0.25) is 5.02 Å². The second-order valence-electron chi connectivity index (χ2n) is 6.82. The molecule has 0 bridgehead atoms. The topological polar surface area (TPSA) is 102 Å². The van der Waals surface area contributed by atoms with Gasteiger partial charge in [0.05, 0.1) is 28.4 Å². The molecular formula is C21H21ClN2O5S2. The largest absolute Gasteiger partial charge is 0.495 e. The summed E-state index contributed by atoms with van der Waals surface area (Å²) in [5.74, 6) is 0.355. The first-order valence-electron chi connectivity index (χ1n) is 9.09. The normalized spacial score (nSPS) is 11.7. The van der Waals surface area contributed by atoms with Crippen molar-refractivity contribution in [1.82, 2.24) is 0 Å². The highest BCUT2D eigenvalue weighted by atomic mass is 35.5. The molecular weight excluding hydrogens is 460 g/mol. The highest BCUT2D eigenvalue weighted by molar-refractivity contribution is 7.93. The SMILES string of the molecule is COc1ccccc1NS(=O)(=O)c1ccc(C)c(NS(=O)(=O)c2ccc(C)cc2Cl)c1. The van der Waals surface area contributed by atoms with Gasteiger partial charge in [-0.3, -0.25) is 9.44 Å². The Kier molecular flexibility index (Phi) is 6.49. The van der Waals surface area contributed by atoms with Crippen molar-refractivity contribution >= 4 is 43.0 Å². The lowest BCUT2D eigenvalue weighted by Gasteiger charge is -2.15. The van der Waals surface area contributed by atoms with Gasteiger partial charge in [-0.15, -0.1) is 0 Å². The van der Waals surface area contributed by atoms with Gasteiger partial charge in [0.1, 0.15) is 10.6 Å². The molecule has 0 aromatic heterocycles. The molecule has 0 heterocycles. The van der Waals surface area contributed by atoms with Crippen molar-refractivity contribution in [3.8, 4) is 5.75 Å². The summed E-state index contributed by atoms with van der Waals surface area (Å²) in [6.45, 7) is 3.46. The molecule has 3 aromatic rings. The van der Waals surface area contributed by atoms with Gasteiger partial charge in [-0.1, -0.05) is 35.9 Å². The molecule has 3 aromatic carbocycles. The van der Waals surface area contributed by atoms with Gasteiger partial charge in [-0.05, 0) is 61.4 Å². The lowest BCUT2D eigenvalue weighted by molar-refractivity contribution is 0.417. The fourth-order valence-corrected chi connectivity index (χ4v) is 5.65. The van der Waals surface area contributed by atoms with Crippen LogP contribution < -0.4 is 14.2 Å². The number of nitrogens with one attached hydrogen (secondary N) is 2. The monoisotopic (exact) mass is 480 g/mol. The number of anilines is 2. The summed E-state index contributed by atoms with van der Waals surface area (Å²) in [4.78, 5) is -0.212. The average molecular weight is 481 g/mol. The molecule has 0 saturated heterocycles. The van der Waals surface area contributed by atoms with E-state index in [0.717, 1.165) is 5.56 Å². The Bertz CT molecular complexity index is 1340. The van der Waals surface area contributed by atoms with Crippen molar-refractivity contribution in [2.24, 2.45) is 0 Å².